The fourth-order valence-corrected chi connectivity index (χ4v) is 3.04. The van der Waals surface area contributed by atoms with Crippen molar-refractivity contribution >= 4 is 27.5 Å². The second-order valence-corrected chi connectivity index (χ2v) is 6.12. The Kier molecular flexibility index (Phi) is 4.34. The van der Waals surface area contributed by atoms with E-state index in [4.69, 9.17) is 10.9 Å². The van der Waals surface area contributed by atoms with Gasteiger partial charge in [0.15, 0.2) is 5.84 Å². The fraction of sp³-hybridized carbons (Fsp3) is 0.500. The van der Waals surface area contributed by atoms with Gasteiger partial charge in [0.2, 0.25) is 0 Å². The molecule has 0 bridgehead atoms. The lowest BCUT2D eigenvalue weighted by molar-refractivity contribution is 0.318. The lowest BCUT2D eigenvalue weighted by Gasteiger charge is -2.40. The van der Waals surface area contributed by atoms with E-state index in [2.05, 4.69) is 39.8 Å². The van der Waals surface area contributed by atoms with Crippen molar-refractivity contribution in [2.75, 3.05) is 11.4 Å². The maximum Gasteiger partial charge on any atom is 0.172 e. The average molecular weight is 326 g/mol. The van der Waals surface area contributed by atoms with Crippen LogP contribution in [0.15, 0.2) is 27.8 Å². The van der Waals surface area contributed by atoms with Crippen LogP contribution in [0.25, 0.3) is 0 Å². The number of piperidine rings is 1. The standard InChI is InChI=1S/C14H20BrN3O/c1-9-4-3-7-18(10(9)2)13-8-11(15)5-6-12(13)14(16)17-19/h5-6,8-10,19H,3-4,7H2,1-2H3,(H2,16,17). The molecule has 1 fully saturated rings. The van der Waals surface area contributed by atoms with Gasteiger partial charge in [0.25, 0.3) is 0 Å². The van der Waals surface area contributed by atoms with Crippen molar-refractivity contribution in [3.63, 3.8) is 0 Å². The average Bonchev–Trinajstić information content (AvgIpc) is 2.41. The SMILES string of the molecule is CC1CCCN(c2cc(Br)ccc2/C(N)=N/O)C1C. The van der Waals surface area contributed by atoms with Crippen molar-refractivity contribution in [1.29, 1.82) is 0 Å². The maximum absolute atomic E-state index is 8.93. The van der Waals surface area contributed by atoms with E-state index >= 15 is 0 Å². The van der Waals surface area contributed by atoms with E-state index in [1.807, 2.05) is 18.2 Å². The molecule has 1 aliphatic heterocycles. The maximum atomic E-state index is 8.93. The Balaban J connectivity index is 2.45. The largest absolute Gasteiger partial charge is 0.409 e. The van der Waals surface area contributed by atoms with Gasteiger partial charge in [0.05, 0.1) is 0 Å². The molecule has 3 N–H and O–H groups in total. The van der Waals surface area contributed by atoms with E-state index in [1.54, 1.807) is 0 Å². The number of halogens is 1. The molecule has 2 unspecified atom stereocenters. The zero-order valence-electron chi connectivity index (χ0n) is 11.3. The van der Waals surface area contributed by atoms with E-state index in [1.165, 1.54) is 12.8 Å². The molecule has 1 heterocycles. The highest BCUT2D eigenvalue weighted by Gasteiger charge is 2.27. The summed E-state index contributed by atoms with van der Waals surface area (Å²) in [4.78, 5) is 2.35. The van der Waals surface area contributed by atoms with Gasteiger partial charge in [-0.15, -0.1) is 0 Å². The number of nitrogens with two attached hydrogens (primary N) is 1. The molecule has 1 saturated heterocycles. The Bertz CT molecular complexity index is 490. The Morgan fingerprint density at radius 3 is 2.89 bits per heavy atom. The summed E-state index contributed by atoms with van der Waals surface area (Å²) in [5.41, 5.74) is 7.61. The molecule has 0 spiro atoms. The molecule has 0 aliphatic carbocycles. The third-order valence-electron chi connectivity index (χ3n) is 4.03. The van der Waals surface area contributed by atoms with Crippen LogP contribution < -0.4 is 10.6 Å². The van der Waals surface area contributed by atoms with Crippen LogP contribution >= 0.6 is 15.9 Å². The van der Waals surface area contributed by atoms with Gasteiger partial charge in [-0.2, -0.15) is 0 Å². The number of rotatable bonds is 2. The third kappa shape index (κ3) is 2.86. The first-order chi connectivity index (χ1) is 9.04. The summed E-state index contributed by atoms with van der Waals surface area (Å²) in [6.45, 7) is 5.52. The predicted molar refractivity (Wildman–Crippen MR) is 81.9 cm³/mol. The highest BCUT2D eigenvalue weighted by molar-refractivity contribution is 9.10. The smallest absolute Gasteiger partial charge is 0.172 e. The first-order valence-corrected chi connectivity index (χ1v) is 7.38. The highest BCUT2D eigenvalue weighted by Crippen LogP contribution is 2.32. The van der Waals surface area contributed by atoms with Gasteiger partial charge in [-0.25, -0.2) is 0 Å². The third-order valence-corrected chi connectivity index (χ3v) is 4.52. The van der Waals surface area contributed by atoms with Crippen LogP contribution in [-0.4, -0.2) is 23.6 Å². The number of nitrogens with zero attached hydrogens (tertiary/aromatic N) is 2. The molecule has 1 aromatic carbocycles. The molecular formula is C14H20BrN3O. The zero-order valence-corrected chi connectivity index (χ0v) is 12.9. The minimum atomic E-state index is 0.160. The van der Waals surface area contributed by atoms with E-state index in [-0.39, 0.29) is 5.84 Å². The Morgan fingerprint density at radius 1 is 1.47 bits per heavy atom. The van der Waals surface area contributed by atoms with Crippen molar-refractivity contribution in [2.24, 2.45) is 16.8 Å². The van der Waals surface area contributed by atoms with Crippen molar-refractivity contribution in [2.45, 2.75) is 32.7 Å². The van der Waals surface area contributed by atoms with Crippen LogP contribution in [0.2, 0.25) is 0 Å². The van der Waals surface area contributed by atoms with Crippen molar-refractivity contribution in [3.8, 4) is 0 Å². The van der Waals surface area contributed by atoms with Gasteiger partial charge in [-0.3, -0.25) is 0 Å². The van der Waals surface area contributed by atoms with Crippen LogP contribution in [0.4, 0.5) is 5.69 Å². The molecule has 0 amide bonds. The molecule has 2 atom stereocenters. The Morgan fingerprint density at radius 2 is 2.21 bits per heavy atom. The number of anilines is 1. The number of hydrogen-bond acceptors (Lipinski definition) is 3. The molecule has 104 valence electrons. The topological polar surface area (TPSA) is 61.8 Å². The summed E-state index contributed by atoms with van der Waals surface area (Å²) in [7, 11) is 0. The van der Waals surface area contributed by atoms with Gasteiger partial charge in [0.1, 0.15) is 0 Å². The fourth-order valence-electron chi connectivity index (χ4n) is 2.69. The van der Waals surface area contributed by atoms with Crippen molar-refractivity contribution in [3.05, 3.63) is 28.2 Å². The summed E-state index contributed by atoms with van der Waals surface area (Å²) >= 11 is 3.50. The Labute approximate surface area is 122 Å². The summed E-state index contributed by atoms with van der Waals surface area (Å²) in [5, 5.41) is 12.1. The zero-order chi connectivity index (χ0) is 14.0. The van der Waals surface area contributed by atoms with Crippen LogP contribution in [0.3, 0.4) is 0 Å². The molecule has 2 rings (SSSR count). The predicted octanol–water partition coefficient (Wildman–Crippen LogP) is 3.17. The van der Waals surface area contributed by atoms with Gasteiger partial charge >= 0.3 is 0 Å². The minimum Gasteiger partial charge on any atom is -0.409 e. The quantitative estimate of drug-likeness (QED) is 0.380. The summed E-state index contributed by atoms with van der Waals surface area (Å²) in [6, 6.07) is 6.30. The first kappa shape index (κ1) is 14.2. The summed E-state index contributed by atoms with van der Waals surface area (Å²) in [5.74, 6) is 0.806. The van der Waals surface area contributed by atoms with Gasteiger partial charge in [-0.05, 0) is 43.9 Å². The number of amidine groups is 1. The molecule has 0 aromatic heterocycles. The lowest BCUT2D eigenvalue weighted by Crippen LogP contribution is -2.43. The van der Waals surface area contributed by atoms with Crippen molar-refractivity contribution in [1.82, 2.24) is 0 Å². The second kappa shape index (κ2) is 5.82. The first-order valence-electron chi connectivity index (χ1n) is 6.58. The van der Waals surface area contributed by atoms with Crippen LogP contribution in [-0.2, 0) is 0 Å². The van der Waals surface area contributed by atoms with Crippen LogP contribution in [0.5, 0.6) is 0 Å². The number of benzene rings is 1. The molecule has 0 radical (unpaired) electrons. The normalized spacial score (nSPS) is 24.6. The summed E-state index contributed by atoms with van der Waals surface area (Å²) < 4.78 is 1.00. The number of hydrogen-bond donors (Lipinski definition) is 2. The number of oxime groups is 1. The summed E-state index contributed by atoms with van der Waals surface area (Å²) in [6.07, 6.45) is 2.43. The van der Waals surface area contributed by atoms with Gasteiger partial charge in [-0.1, -0.05) is 28.0 Å². The minimum absolute atomic E-state index is 0.160. The molecule has 1 aliphatic rings. The second-order valence-electron chi connectivity index (χ2n) is 5.20. The Hall–Kier alpha value is -1.23. The van der Waals surface area contributed by atoms with Gasteiger partial charge in [0, 0.05) is 28.3 Å². The monoisotopic (exact) mass is 325 g/mol. The molecule has 4 nitrogen and oxygen atoms in total. The lowest BCUT2D eigenvalue weighted by atomic mass is 9.91. The molecule has 0 saturated carbocycles. The molecule has 19 heavy (non-hydrogen) atoms. The van der Waals surface area contributed by atoms with E-state index in [0.29, 0.717) is 12.0 Å². The molecule has 5 heteroatoms. The van der Waals surface area contributed by atoms with Crippen molar-refractivity contribution < 1.29 is 5.21 Å². The van der Waals surface area contributed by atoms with Gasteiger partial charge < -0.3 is 15.8 Å². The van der Waals surface area contributed by atoms with Crippen LogP contribution in [0, 0.1) is 5.92 Å². The highest BCUT2D eigenvalue weighted by atomic mass is 79.9. The molecular weight excluding hydrogens is 306 g/mol. The molecule has 1 aromatic rings. The van der Waals surface area contributed by atoms with E-state index in [0.717, 1.165) is 22.3 Å². The van der Waals surface area contributed by atoms with Crippen LogP contribution in [0.1, 0.15) is 32.3 Å². The van der Waals surface area contributed by atoms with E-state index < -0.39 is 0 Å². The van der Waals surface area contributed by atoms with E-state index in [9.17, 15) is 0 Å².